The zero-order valence-corrected chi connectivity index (χ0v) is 48.2. The largest absolute Gasteiger partial charge is 0.491 e. The molecule has 10 nitrogen and oxygen atoms in total. The molecule has 0 amide bonds. The fourth-order valence-corrected chi connectivity index (χ4v) is 14.7. The molecule has 14 heteroatoms. The molecule has 0 aliphatic rings. The average Bonchev–Trinajstić information content (AvgIpc) is 4.43. The van der Waals surface area contributed by atoms with Gasteiger partial charge in [-0.25, -0.2) is 0 Å². The Kier molecular flexibility index (Phi) is 17.6. The van der Waals surface area contributed by atoms with Gasteiger partial charge in [0.1, 0.15) is 49.4 Å². The van der Waals surface area contributed by atoms with Gasteiger partial charge in [-0.2, -0.15) is 0 Å². The van der Waals surface area contributed by atoms with E-state index >= 15 is 0 Å². The maximum absolute atomic E-state index is 6.32. The topological polar surface area (TPSA) is 92.3 Å². The van der Waals surface area contributed by atoms with Crippen LogP contribution in [0.25, 0.3) is 93.9 Å². The van der Waals surface area contributed by atoms with Crippen LogP contribution in [0.15, 0.2) is 144 Å². The zero-order chi connectivity index (χ0) is 54.0. The number of thiophene rings is 4. The fraction of sp³-hybridized carbons (Fsp3) is 0.273. The van der Waals surface area contributed by atoms with Gasteiger partial charge in [0.25, 0.3) is 0 Å². The summed E-state index contributed by atoms with van der Waals surface area (Å²) in [6, 6.07) is 47.5. The van der Waals surface area contributed by atoms with Crippen molar-refractivity contribution in [2.24, 2.45) is 0 Å². The summed E-state index contributed by atoms with van der Waals surface area (Å²) >= 11 is 7.00. The van der Waals surface area contributed by atoms with Crippen LogP contribution in [0.4, 0.5) is 0 Å². The van der Waals surface area contributed by atoms with Crippen molar-refractivity contribution in [2.45, 2.75) is 13.8 Å². The van der Waals surface area contributed by atoms with Gasteiger partial charge in [0.2, 0.25) is 0 Å². The summed E-state index contributed by atoms with van der Waals surface area (Å²) in [6.45, 7) is 11.9. The summed E-state index contributed by atoms with van der Waals surface area (Å²) < 4.78 is 59.9. The fourth-order valence-electron chi connectivity index (χ4n) is 10.3. The zero-order valence-electron chi connectivity index (χ0n) is 44.9. The maximum Gasteiger partial charge on any atom is 0.141 e. The molecule has 4 heterocycles. The van der Waals surface area contributed by atoms with Gasteiger partial charge >= 0.3 is 0 Å². The Morgan fingerprint density at radius 2 is 0.588 bits per heavy atom. The molecule has 0 aliphatic heterocycles. The number of aryl methyl sites for hydroxylation is 2. The minimum Gasteiger partial charge on any atom is -0.491 e. The first-order valence-corrected chi connectivity index (χ1v) is 30.6. The van der Waals surface area contributed by atoms with Crippen LogP contribution in [0.3, 0.4) is 0 Å². The van der Waals surface area contributed by atoms with E-state index in [4.69, 9.17) is 47.4 Å². The van der Waals surface area contributed by atoms with Crippen LogP contribution >= 0.6 is 45.3 Å². The van der Waals surface area contributed by atoms with Gasteiger partial charge in [0.15, 0.2) is 0 Å². The van der Waals surface area contributed by atoms with Gasteiger partial charge < -0.3 is 47.4 Å². The highest BCUT2D eigenvalue weighted by Gasteiger charge is 2.19. The van der Waals surface area contributed by atoms with Gasteiger partial charge in [0.05, 0.1) is 89.0 Å². The van der Waals surface area contributed by atoms with E-state index in [2.05, 4.69) is 158 Å². The molecule has 0 bridgehead atoms. The normalized spacial score (nSPS) is 12.0. The summed E-state index contributed by atoms with van der Waals surface area (Å²) in [4.78, 5) is 7.09. The van der Waals surface area contributed by atoms with Crippen LogP contribution in [0.5, 0.6) is 23.0 Å². The standard InChI is InChI=1S/C66H62O10S4/c1-43-41-77-65(63(43)75-39-35-71-31-27-67-25-29-69-33-37-73-53-19-15-49-11-9-45-5-3-7-47-13-17-51(53)61(49)59(45)47)57-23-21-55(79-57)56-22-24-58(80-56)66-64(44(2)42-78-66)76-40-36-72-32-28-68-26-30-70-34-38-74-54-20-16-50-12-10-46-6-4-8-48-14-18-52(54)62(50)60(46)48/h3-24,41-42H,25-40H2,1-2H3. The van der Waals surface area contributed by atoms with Crippen LogP contribution in [0.1, 0.15) is 11.1 Å². The van der Waals surface area contributed by atoms with Crippen LogP contribution in [-0.2, 0) is 28.4 Å². The molecule has 12 rings (SSSR count). The van der Waals surface area contributed by atoms with Gasteiger partial charge in [-0.1, -0.05) is 84.9 Å². The van der Waals surface area contributed by atoms with Crippen molar-refractivity contribution < 1.29 is 47.4 Å². The predicted octanol–water partition coefficient (Wildman–Crippen LogP) is 16.4. The van der Waals surface area contributed by atoms with Crippen molar-refractivity contribution >= 4 is 110 Å². The molecule has 0 atom stereocenters. The predicted molar refractivity (Wildman–Crippen MR) is 331 cm³/mol. The third-order valence-corrected chi connectivity index (χ3v) is 19.0. The number of benzene rings is 8. The summed E-state index contributed by atoms with van der Waals surface area (Å²) in [5, 5.41) is 19.1. The van der Waals surface area contributed by atoms with Crippen LogP contribution in [0, 0.1) is 13.8 Å². The average molecular weight is 1140 g/mol. The highest BCUT2D eigenvalue weighted by atomic mass is 32.1. The summed E-state index contributed by atoms with van der Waals surface area (Å²) in [5.41, 5.74) is 2.25. The SMILES string of the molecule is Cc1csc(-c2ccc(-c3ccc(-c4scc(C)c4OCCOCCOCCOCCOc4ccc5ccc6cccc7ccc4c5c67)s3)s2)c1OCCOCCOCCOCCOc1ccc2ccc3cccc4ccc1c2c34. The smallest absolute Gasteiger partial charge is 0.141 e. The highest BCUT2D eigenvalue weighted by Crippen LogP contribution is 2.48. The van der Waals surface area contributed by atoms with Crippen molar-refractivity contribution in [1.29, 1.82) is 0 Å². The number of rotatable bonds is 31. The molecule has 80 heavy (non-hydrogen) atoms. The Labute approximate surface area is 481 Å². The lowest BCUT2D eigenvalue weighted by Crippen LogP contribution is -2.14. The van der Waals surface area contributed by atoms with Crippen molar-refractivity contribution in [1.82, 2.24) is 0 Å². The van der Waals surface area contributed by atoms with Crippen molar-refractivity contribution in [3.63, 3.8) is 0 Å². The summed E-state index contributed by atoms with van der Waals surface area (Å²) in [7, 11) is 0. The second-order valence-electron chi connectivity index (χ2n) is 19.4. The first-order chi connectivity index (χ1) is 39.6. The number of hydrogen-bond acceptors (Lipinski definition) is 14. The molecule has 0 unspecified atom stereocenters. The molecule has 0 saturated heterocycles. The number of hydrogen-bond donors (Lipinski definition) is 0. The van der Waals surface area contributed by atoms with E-state index in [0.717, 1.165) is 54.7 Å². The lowest BCUT2D eigenvalue weighted by atomic mass is 9.94. The van der Waals surface area contributed by atoms with Gasteiger partial charge in [0, 0.05) is 52.2 Å². The van der Waals surface area contributed by atoms with Crippen molar-refractivity contribution in [3.8, 4) is 52.3 Å². The minimum absolute atomic E-state index is 0.456. The molecule has 4 aromatic heterocycles. The summed E-state index contributed by atoms with van der Waals surface area (Å²) in [6.07, 6.45) is 0. The molecule has 0 saturated carbocycles. The Morgan fingerprint density at radius 3 is 0.963 bits per heavy atom. The lowest BCUT2D eigenvalue weighted by molar-refractivity contribution is 0.00507. The first kappa shape index (κ1) is 54.2. The molecule has 0 fully saturated rings. The molecule has 8 aromatic carbocycles. The molecule has 0 N–H and O–H groups in total. The Hall–Kier alpha value is -6.40. The van der Waals surface area contributed by atoms with Crippen LogP contribution in [-0.4, -0.2) is 106 Å². The highest BCUT2D eigenvalue weighted by molar-refractivity contribution is 7.28. The number of ether oxygens (including phenoxy) is 10. The Morgan fingerprint density at radius 1 is 0.287 bits per heavy atom. The third-order valence-electron chi connectivity index (χ3n) is 14.1. The molecular formula is C66H62O10S4. The Balaban J connectivity index is 0.508. The van der Waals surface area contributed by atoms with Gasteiger partial charge in [-0.15, -0.1) is 45.3 Å². The van der Waals surface area contributed by atoms with E-state index in [1.807, 2.05) is 0 Å². The van der Waals surface area contributed by atoms with Gasteiger partial charge in [-0.05, 0) is 116 Å². The molecule has 12 aromatic rings. The van der Waals surface area contributed by atoms with E-state index in [9.17, 15) is 0 Å². The van der Waals surface area contributed by atoms with Crippen LogP contribution in [0.2, 0.25) is 0 Å². The molecule has 0 aliphatic carbocycles. The Bertz CT molecular complexity index is 3660. The second kappa shape index (κ2) is 26.0. The van der Waals surface area contributed by atoms with E-state index < -0.39 is 0 Å². The van der Waals surface area contributed by atoms with Crippen molar-refractivity contribution in [2.75, 3.05) is 106 Å². The first-order valence-electron chi connectivity index (χ1n) is 27.2. The summed E-state index contributed by atoms with van der Waals surface area (Å²) in [5.74, 6) is 3.60. The second-order valence-corrected chi connectivity index (χ2v) is 23.3. The van der Waals surface area contributed by atoms with Crippen LogP contribution < -0.4 is 18.9 Å². The minimum atomic E-state index is 0.456. The van der Waals surface area contributed by atoms with E-state index in [1.54, 1.807) is 45.3 Å². The maximum atomic E-state index is 6.32. The molecular weight excluding hydrogens is 1080 g/mol. The van der Waals surface area contributed by atoms with E-state index in [1.165, 1.54) is 73.4 Å². The molecule has 0 spiro atoms. The molecule has 0 radical (unpaired) electrons. The van der Waals surface area contributed by atoms with Gasteiger partial charge in [-0.3, -0.25) is 0 Å². The van der Waals surface area contributed by atoms with E-state index in [-0.39, 0.29) is 0 Å². The monoisotopic (exact) mass is 1140 g/mol. The van der Waals surface area contributed by atoms with Crippen molar-refractivity contribution in [3.05, 3.63) is 155 Å². The van der Waals surface area contributed by atoms with E-state index in [0.29, 0.717) is 106 Å². The quantitative estimate of drug-likeness (QED) is 0.0309. The third kappa shape index (κ3) is 12.1. The lowest BCUT2D eigenvalue weighted by Gasteiger charge is -2.14. The molecule has 410 valence electrons.